The SMILES string of the molecule is c1ccc(-n2c3ccccc3c3c(C4(c5ccccc5)c5ccccc5-c5ccc(N(c6ccc7c(c6)C(c6ccccc6)(c6ccccc6)c6ccccc6-7)c6ccc7ccccc7c6)cc54)cccc32)cc1. The van der Waals surface area contributed by atoms with E-state index >= 15 is 0 Å². The lowest BCUT2D eigenvalue weighted by atomic mass is 9.66. The Hall–Kier alpha value is -9.50. The molecule has 0 N–H and O–H groups in total. The molecular weight excluding hydrogens is 893 g/mol. The van der Waals surface area contributed by atoms with Crippen molar-refractivity contribution in [1.82, 2.24) is 4.57 Å². The number of hydrogen-bond acceptors (Lipinski definition) is 1. The molecule has 0 spiro atoms. The van der Waals surface area contributed by atoms with Gasteiger partial charge in [0.05, 0.1) is 21.9 Å². The normalized spacial score (nSPS) is 14.9. The summed E-state index contributed by atoms with van der Waals surface area (Å²) in [6.07, 6.45) is 0. The fourth-order valence-corrected chi connectivity index (χ4v) is 13.4. The number of hydrogen-bond donors (Lipinski definition) is 0. The Morgan fingerprint density at radius 2 is 0.703 bits per heavy atom. The fraction of sp³-hybridized carbons (Fsp3) is 0.0278. The van der Waals surface area contributed by atoms with Gasteiger partial charge in [-0.2, -0.15) is 0 Å². The quantitative estimate of drug-likeness (QED) is 0.147. The topological polar surface area (TPSA) is 8.17 Å². The van der Waals surface area contributed by atoms with E-state index in [0.717, 1.165) is 22.7 Å². The third-order valence-electron chi connectivity index (χ3n) is 16.3. The minimum atomic E-state index is -0.696. The van der Waals surface area contributed by atoms with Gasteiger partial charge in [-0.25, -0.2) is 0 Å². The highest BCUT2D eigenvalue weighted by Gasteiger charge is 2.49. The molecule has 346 valence electrons. The number of rotatable bonds is 8. The second kappa shape index (κ2) is 16.5. The van der Waals surface area contributed by atoms with Crippen molar-refractivity contribution in [3.63, 3.8) is 0 Å². The van der Waals surface area contributed by atoms with E-state index in [1.54, 1.807) is 0 Å². The Kier molecular flexibility index (Phi) is 9.43. The molecule has 2 nitrogen and oxygen atoms in total. The van der Waals surface area contributed by atoms with Gasteiger partial charge in [-0.3, -0.25) is 0 Å². The van der Waals surface area contributed by atoms with Crippen LogP contribution in [0.4, 0.5) is 17.1 Å². The largest absolute Gasteiger partial charge is 0.310 e. The maximum Gasteiger partial charge on any atom is 0.0721 e. The molecule has 74 heavy (non-hydrogen) atoms. The highest BCUT2D eigenvalue weighted by molar-refractivity contribution is 6.12. The fourth-order valence-electron chi connectivity index (χ4n) is 13.4. The van der Waals surface area contributed by atoms with Gasteiger partial charge in [0.1, 0.15) is 0 Å². The predicted octanol–water partition coefficient (Wildman–Crippen LogP) is 18.1. The summed E-state index contributed by atoms with van der Waals surface area (Å²) in [5.41, 5.74) is 20.7. The van der Waals surface area contributed by atoms with Gasteiger partial charge in [-0.05, 0) is 138 Å². The summed E-state index contributed by atoms with van der Waals surface area (Å²) in [5.74, 6) is 0. The van der Waals surface area contributed by atoms with E-state index in [4.69, 9.17) is 0 Å². The number of aromatic nitrogens is 1. The molecule has 2 heteroatoms. The van der Waals surface area contributed by atoms with Crippen LogP contribution in [0.5, 0.6) is 0 Å². The molecule has 0 fully saturated rings. The number of benzene rings is 12. The van der Waals surface area contributed by atoms with E-state index in [2.05, 4.69) is 301 Å². The lowest BCUT2D eigenvalue weighted by Crippen LogP contribution is -2.29. The van der Waals surface area contributed by atoms with Crippen LogP contribution in [0.25, 0.3) is 60.5 Å². The van der Waals surface area contributed by atoms with E-state index < -0.39 is 10.8 Å². The highest BCUT2D eigenvalue weighted by atomic mass is 15.1. The van der Waals surface area contributed by atoms with Gasteiger partial charge in [-0.15, -0.1) is 0 Å². The molecule has 1 unspecified atom stereocenters. The number of nitrogens with zero attached hydrogens (tertiary/aromatic N) is 2. The van der Waals surface area contributed by atoms with Crippen LogP contribution in [-0.4, -0.2) is 4.57 Å². The first-order valence-electron chi connectivity index (χ1n) is 25.8. The lowest BCUT2D eigenvalue weighted by molar-refractivity contribution is 0.768. The Balaban J connectivity index is 1.03. The molecule has 13 aromatic rings. The first-order chi connectivity index (χ1) is 36.7. The first kappa shape index (κ1) is 42.2. The van der Waals surface area contributed by atoms with Crippen LogP contribution in [0, 0.1) is 0 Å². The average Bonchev–Trinajstić information content (AvgIpc) is 4.18. The van der Waals surface area contributed by atoms with E-state index in [-0.39, 0.29) is 0 Å². The van der Waals surface area contributed by atoms with Crippen LogP contribution < -0.4 is 4.90 Å². The monoisotopic (exact) mass is 940 g/mol. The van der Waals surface area contributed by atoms with Gasteiger partial charge in [0.15, 0.2) is 0 Å². The molecule has 0 aliphatic heterocycles. The van der Waals surface area contributed by atoms with E-state index in [1.165, 1.54) is 99.3 Å². The second-order valence-corrected chi connectivity index (χ2v) is 19.9. The third kappa shape index (κ3) is 5.94. The van der Waals surface area contributed by atoms with Crippen LogP contribution >= 0.6 is 0 Å². The molecule has 0 saturated heterocycles. The molecular formula is C72H48N2. The summed E-state index contributed by atoms with van der Waals surface area (Å²) in [6.45, 7) is 0. The Bertz CT molecular complexity index is 4270. The minimum absolute atomic E-state index is 0.556. The van der Waals surface area contributed by atoms with Crippen molar-refractivity contribution < 1.29 is 0 Å². The minimum Gasteiger partial charge on any atom is -0.310 e. The van der Waals surface area contributed by atoms with Gasteiger partial charge in [0.2, 0.25) is 0 Å². The molecule has 2 aliphatic rings. The summed E-state index contributed by atoms with van der Waals surface area (Å²) in [7, 11) is 0. The van der Waals surface area contributed by atoms with E-state index in [1.807, 2.05) is 0 Å². The molecule has 0 radical (unpaired) electrons. The van der Waals surface area contributed by atoms with Crippen molar-refractivity contribution in [2.45, 2.75) is 10.8 Å². The smallest absolute Gasteiger partial charge is 0.0721 e. The van der Waals surface area contributed by atoms with E-state index in [9.17, 15) is 0 Å². The molecule has 1 heterocycles. The van der Waals surface area contributed by atoms with Gasteiger partial charge < -0.3 is 9.47 Å². The number of para-hydroxylation sites is 2. The maximum atomic E-state index is 2.52. The molecule has 15 rings (SSSR count). The number of anilines is 3. The van der Waals surface area contributed by atoms with Crippen molar-refractivity contribution in [1.29, 1.82) is 0 Å². The first-order valence-corrected chi connectivity index (χ1v) is 25.8. The van der Waals surface area contributed by atoms with Crippen LogP contribution in [0.15, 0.2) is 291 Å². The third-order valence-corrected chi connectivity index (χ3v) is 16.3. The van der Waals surface area contributed by atoms with Crippen molar-refractivity contribution in [2.24, 2.45) is 0 Å². The molecule has 1 aromatic heterocycles. The summed E-state index contributed by atoms with van der Waals surface area (Å²) in [6, 6.07) is 109. The van der Waals surface area contributed by atoms with Crippen molar-refractivity contribution in [2.75, 3.05) is 4.90 Å². The van der Waals surface area contributed by atoms with Crippen LogP contribution in [0.3, 0.4) is 0 Å². The summed E-state index contributed by atoms with van der Waals surface area (Å²) < 4.78 is 2.45. The highest BCUT2D eigenvalue weighted by Crippen LogP contribution is 2.61. The van der Waals surface area contributed by atoms with Gasteiger partial charge in [0.25, 0.3) is 0 Å². The van der Waals surface area contributed by atoms with Gasteiger partial charge in [0, 0.05) is 33.5 Å². The van der Waals surface area contributed by atoms with E-state index in [0.29, 0.717) is 0 Å². The van der Waals surface area contributed by atoms with Crippen LogP contribution in [0.2, 0.25) is 0 Å². The molecule has 12 aromatic carbocycles. The van der Waals surface area contributed by atoms with Crippen molar-refractivity contribution in [3.8, 4) is 27.9 Å². The summed E-state index contributed by atoms with van der Waals surface area (Å²) in [4.78, 5) is 2.51. The van der Waals surface area contributed by atoms with Crippen molar-refractivity contribution in [3.05, 3.63) is 336 Å². The zero-order valence-electron chi connectivity index (χ0n) is 40.6. The van der Waals surface area contributed by atoms with Crippen LogP contribution in [0.1, 0.15) is 44.5 Å². The summed E-state index contributed by atoms with van der Waals surface area (Å²) >= 11 is 0. The Morgan fingerprint density at radius 1 is 0.270 bits per heavy atom. The molecule has 1 atom stereocenters. The zero-order valence-corrected chi connectivity index (χ0v) is 40.6. The van der Waals surface area contributed by atoms with Gasteiger partial charge in [-0.1, -0.05) is 231 Å². The predicted molar refractivity (Wildman–Crippen MR) is 308 cm³/mol. The molecule has 2 aliphatic carbocycles. The molecule has 0 amide bonds. The standard InChI is InChI=1S/C72H48N2/c1-5-24-51(25-6-1)71(52-26-7-2-8-27-52)63-35-18-15-32-58(63)60-44-42-56(47-66(60)71)73(55-41-40-49-22-13-14-23-50(49)46-55)57-43-45-61-59-33-16-19-36-64(59)72(67(61)48-57,53-28-9-3-10-29-53)65-37-21-39-69-70(65)62-34-17-20-38-68(62)74(69)54-30-11-4-12-31-54/h1-48H. The van der Waals surface area contributed by atoms with Crippen molar-refractivity contribution >= 4 is 49.6 Å². The Morgan fingerprint density at radius 3 is 1.34 bits per heavy atom. The lowest BCUT2D eigenvalue weighted by Gasteiger charge is -2.36. The van der Waals surface area contributed by atoms with Gasteiger partial charge >= 0.3 is 0 Å². The molecule has 0 bridgehead atoms. The second-order valence-electron chi connectivity index (χ2n) is 19.9. The zero-order chi connectivity index (χ0) is 48.8. The average molecular weight is 941 g/mol. The number of fused-ring (bicyclic) bond motifs is 10. The maximum absolute atomic E-state index is 2.52. The Labute approximate surface area is 431 Å². The summed E-state index contributed by atoms with van der Waals surface area (Å²) in [5, 5.41) is 4.89. The molecule has 0 saturated carbocycles. The van der Waals surface area contributed by atoms with Crippen LogP contribution in [-0.2, 0) is 10.8 Å².